The Morgan fingerprint density at radius 1 is 1.18 bits per heavy atom. The minimum absolute atomic E-state index is 0. The summed E-state index contributed by atoms with van der Waals surface area (Å²) in [6.07, 6.45) is 1.86. The first kappa shape index (κ1) is 16.9. The van der Waals surface area contributed by atoms with E-state index in [1.165, 1.54) is 16.7 Å². The van der Waals surface area contributed by atoms with E-state index in [1.807, 2.05) is 13.0 Å². The Balaban J connectivity index is 0.00000176. The molecule has 0 radical (unpaired) electrons. The van der Waals surface area contributed by atoms with Gasteiger partial charge in [-0.15, -0.1) is 12.4 Å². The summed E-state index contributed by atoms with van der Waals surface area (Å²) >= 11 is 0. The van der Waals surface area contributed by atoms with Gasteiger partial charge < -0.3 is 10.8 Å². The number of hydrogen-bond donors (Lipinski definition) is 2. The molecule has 0 saturated heterocycles. The molecule has 0 fully saturated rings. The third-order valence-corrected chi connectivity index (χ3v) is 4.96. The average molecular weight is 318 g/mol. The van der Waals surface area contributed by atoms with Gasteiger partial charge >= 0.3 is 0 Å². The lowest BCUT2D eigenvalue weighted by atomic mass is 9.78. The molecule has 0 spiro atoms. The molecule has 1 aliphatic carbocycles. The van der Waals surface area contributed by atoms with Gasteiger partial charge in [0.05, 0.1) is 0 Å². The smallest absolute Gasteiger partial charge is 0.123 e. The Kier molecular flexibility index (Phi) is 4.55. The molecule has 0 aliphatic heterocycles. The third kappa shape index (κ3) is 2.62. The van der Waals surface area contributed by atoms with E-state index in [-0.39, 0.29) is 23.9 Å². The van der Waals surface area contributed by atoms with Gasteiger partial charge in [0, 0.05) is 11.6 Å². The van der Waals surface area contributed by atoms with Crippen molar-refractivity contribution in [1.29, 1.82) is 0 Å². The number of phenolic OH excluding ortho intramolecular Hbond substituents is 1. The predicted molar refractivity (Wildman–Crippen MR) is 93.7 cm³/mol. The number of aromatic hydroxyl groups is 1. The van der Waals surface area contributed by atoms with Crippen LogP contribution >= 0.6 is 12.4 Å². The van der Waals surface area contributed by atoms with E-state index in [1.54, 1.807) is 0 Å². The number of fused-ring (bicyclic) bond motifs is 1. The van der Waals surface area contributed by atoms with Gasteiger partial charge in [0.2, 0.25) is 0 Å². The Hall–Kier alpha value is -1.51. The van der Waals surface area contributed by atoms with Crippen LogP contribution in [0.4, 0.5) is 0 Å². The molecular formula is C19H24ClNO. The fourth-order valence-electron chi connectivity index (χ4n) is 3.71. The van der Waals surface area contributed by atoms with E-state index in [9.17, 15) is 5.11 Å². The van der Waals surface area contributed by atoms with Crippen molar-refractivity contribution in [3.63, 3.8) is 0 Å². The molecule has 0 aromatic heterocycles. The van der Waals surface area contributed by atoms with Crippen LogP contribution < -0.4 is 5.73 Å². The molecule has 2 aromatic carbocycles. The van der Waals surface area contributed by atoms with Crippen molar-refractivity contribution in [3.05, 3.63) is 64.2 Å². The van der Waals surface area contributed by atoms with Crippen LogP contribution in [0.1, 0.15) is 40.8 Å². The summed E-state index contributed by atoms with van der Waals surface area (Å²) in [5.74, 6) is 0.389. The Bertz CT molecular complexity index is 684. The van der Waals surface area contributed by atoms with Crippen LogP contribution in [0, 0.1) is 19.3 Å². The normalized spacial score (nSPS) is 23.0. The lowest BCUT2D eigenvalue weighted by Gasteiger charge is -2.29. The number of phenols is 1. The number of benzene rings is 2. The van der Waals surface area contributed by atoms with Gasteiger partial charge in [-0.05, 0) is 54.4 Å². The Morgan fingerprint density at radius 2 is 1.82 bits per heavy atom. The van der Waals surface area contributed by atoms with E-state index < -0.39 is 0 Å². The lowest BCUT2D eigenvalue weighted by molar-refractivity contribution is 0.275. The molecule has 0 amide bonds. The quantitative estimate of drug-likeness (QED) is 0.870. The van der Waals surface area contributed by atoms with E-state index in [4.69, 9.17) is 5.73 Å². The zero-order valence-corrected chi connectivity index (χ0v) is 14.2. The highest BCUT2D eigenvalue weighted by molar-refractivity contribution is 5.85. The summed E-state index contributed by atoms with van der Waals surface area (Å²) < 4.78 is 0. The maximum absolute atomic E-state index is 10.4. The Morgan fingerprint density at radius 3 is 2.45 bits per heavy atom. The summed E-state index contributed by atoms with van der Waals surface area (Å²) in [6, 6.07) is 12.4. The average Bonchev–Trinajstić information content (AvgIpc) is 2.71. The fourth-order valence-corrected chi connectivity index (χ4v) is 3.71. The minimum Gasteiger partial charge on any atom is -0.507 e. The fraction of sp³-hybridized carbons (Fsp3) is 0.368. The molecule has 0 saturated carbocycles. The molecule has 3 heteroatoms. The standard InChI is InChI=1S/C19H23NO.ClH/c1-12-9-13(2)17(21)16-15(12)11-19(3,18(16)20)10-14-7-5-4-6-8-14;/h4-9,18,21H,10-11,20H2,1-3H3;1H. The molecule has 22 heavy (non-hydrogen) atoms. The summed E-state index contributed by atoms with van der Waals surface area (Å²) in [4.78, 5) is 0. The highest BCUT2D eigenvalue weighted by Crippen LogP contribution is 2.51. The van der Waals surface area contributed by atoms with E-state index in [2.05, 4.69) is 44.2 Å². The second kappa shape index (κ2) is 5.94. The van der Waals surface area contributed by atoms with E-state index in [0.29, 0.717) is 5.75 Å². The highest BCUT2D eigenvalue weighted by Gasteiger charge is 2.43. The molecular weight excluding hydrogens is 294 g/mol. The number of nitrogens with two attached hydrogens (primary N) is 1. The summed E-state index contributed by atoms with van der Waals surface area (Å²) in [6.45, 7) is 6.30. The van der Waals surface area contributed by atoms with Crippen LogP contribution in [0.2, 0.25) is 0 Å². The van der Waals surface area contributed by atoms with Crippen LogP contribution in [-0.2, 0) is 12.8 Å². The monoisotopic (exact) mass is 317 g/mol. The summed E-state index contributed by atoms with van der Waals surface area (Å²) in [5, 5.41) is 10.4. The molecule has 2 aromatic rings. The minimum atomic E-state index is -0.119. The second-order valence-electron chi connectivity index (χ2n) is 6.72. The molecule has 3 N–H and O–H groups in total. The summed E-state index contributed by atoms with van der Waals surface area (Å²) in [7, 11) is 0. The van der Waals surface area contributed by atoms with Gasteiger partial charge in [-0.25, -0.2) is 0 Å². The lowest BCUT2D eigenvalue weighted by Crippen LogP contribution is -2.30. The van der Waals surface area contributed by atoms with Gasteiger partial charge in [-0.3, -0.25) is 0 Å². The molecule has 0 bridgehead atoms. The molecule has 1 aliphatic rings. The SMILES string of the molecule is Cc1cc(C)c2c(c1O)C(N)C(C)(Cc1ccccc1)C2.Cl. The van der Waals surface area contributed by atoms with E-state index in [0.717, 1.165) is 24.0 Å². The molecule has 2 unspecified atom stereocenters. The summed E-state index contributed by atoms with van der Waals surface area (Å²) in [5.41, 5.74) is 12.2. The molecule has 3 rings (SSSR count). The molecule has 118 valence electrons. The van der Waals surface area contributed by atoms with Crippen molar-refractivity contribution < 1.29 is 5.11 Å². The van der Waals surface area contributed by atoms with Crippen molar-refractivity contribution in [2.45, 2.75) is 39.7 Å². The van der Waals surface area contributed by atoms with Crippen molar-refractivity contribution in [2.24, 2.45) is 11.1 Å². The highest BCUT2D eigenvalue weighted by atomic mass is 35.5. The van der Waals surface area contributed by atoms with Gasteiger partial charge in [0.1, 0.15) is 5.75 Å². The van der Waals surface area contributed by atoms with Crippen LogP contribution in [0.15, 0.2) is 36.4 Å². The first-order valence-electron chi connectivity index (χ1n) is 7.54. The van der Waals surface area contributed by atoms with Crippen molar-refractivity contribution in [1.82, 2.24) is 0 Å². The number of halogens is 1. The van der Waals surface area contributed by atoms with Crippen LogP contribution in [0.3, 0.4) is 0 Å². The van der Waals surface area contributed by atoms with Crippen LogP contribution in [0.25, 0.3) is 0 Å². The van der Waals surface area contributed by atoms with Gasteiger partial charge in [0.25, 0.3) is 0 Å². The molecule has 2 atom stereocenters. The van der Waals surface area contributed by atoms with E-state index >= 15 is 0 Å². The zero-order valence-electron chi connectivity index (χ0n) is 13.4. The first-order valence-corrected chi connectivity index (χ1v) is 7.54. The van der Waals surface area contributed by atoms with Gasteiger partial charge in [-0.2, -0.15) is 0 Å². The molecule has 0 heterocycles. The maximum Gasteiger partial charge on any atom is 0.123 e. The van der Waals surface area contributed by atoms with Crippen molar-refractivity contribution in [3.8, 4) is 5.75 Å². The zero-order chi connectivity index (χ0) is 15.2. The number of hydrogen-bond acceptors (Lipinski definition) is 2. The number of rotatable bonds is 2. The van der Waals surface area contributed by atoms with Gasteiger partial charge in [-0.1, -0.05) is 43.3 Å². The van der Waals surface area contributed by atoms with Crippen LogP contribution in [-0.4, -0.2) is 5.11 Å². The second-order valence-corrected chi connectivity index (χ2v) is 6.72. The largest absolute Gasteiger partial charge is 0.507 e. The first-order chi connectivity index (χ1) is 9.92. The predicted octanol–water partition coefficient (Wildman–Crippen LogP) is 4.24. The van der Waals surface area contributed by atoms with Crippen LogP contribution in [0.5, 0.6) is 5.75 Å². The van der Waals surface area contributed by atoms with Crippen molar-refractivity contribution in [2.75, 3.05) is 0 Å². The maximum atomic E-state index is 10.4. The van der Waals surface area contributed by atoms with Gasteiger partial charge in [0.15, 0.2) is 0 Å². The Labute approximate surface area is 138 Å². The third-order valence-electron chi connectivity index (χ3n) is 4.96. The topological polar surface area (TPSA) is 46.2 Å². The van der Waals surface area contributed by atoms with Crippen molar-refractivity contribution >= 4 is 12.4 Å². The number of aryl methyl sites for hydroxylation is 2. The molecule has 2 nitrogen and oxygen atoms in total.